The number of pyridine rings is 1. The number of imidazole rings is 1. The van der Waals surface area contributed by atoms with Crippen LogP contribution in [-0.4, -0.2) is 20.3 Å². The minimum Gasteiger partial charge on any atom is -0.457 e. The van der Waals surface area contributed by atoms with Crippen LogP contribution in [0, 0.1) is 19.7 Å². The zero-order chi connectivity index (χ0) is 22.1. The highest BCUT2D eigenvalue weighted by Gasteiger charge is 2.15. The Balaban J connectivity index is 1.65. The topological polar surface area (TPSA) is 69.0 Å². The summed E-state index contributed by atoms with van der Waals surface area (Å²) in [5, 5.41) is 3.08. The largest absolute Gasteiger partial charge is 0.457 e. The summed E-state index contributed by atoms with van der Waals surface area (Å²) in [6.45, 7) is 5.31. The monoisotopic (exact) mass is 418 g/mol. The van der Waals surface area contributed by atoms with Crippen molar-refractivity contribution in [1.82, 2.24) is 14.5 Å². The van der Waals surface area contributed by atoms with Gasteiger partial charge in [0.1, 0.15) is 23.1 Å². The highest BCUT2D eigenvalue weighted by molar-refractivity contribution is 5.85. The first kappa shape index (κ1) is 20.5. The van der Waals surface area contributed by atoms with Gasteiger partial charge < -0.3 is 14.6 Å². The number of halogens is 1. The molecule has 4 aromatic rings. The molecule has 0 saturated heterocycles. The summed E-state index contributed by atoms with van der Waals surface area (Å²) in [7, 11) is 1.88. The van der Waals surface area contributed by atoms with Gasteiger partial charge in [0.2, 0.25) is 5.95 Å². The van der Waals surface area contributed by atoms with Crippen LogP contribution in [-0.2, 0) is 18.3 Å². The normalized spacial score (nSPS) is 11.0. The zero-order valence-electron chi connectivity index (χ0n) is 17.9. The molecule has 0 radical (unpaired) electrons. The molecule has 31 heavy (non-hydrogen) atoms. The van der Waals surface area contributed by atoms with Crippen molar-refractivity contribution in [2.24, 2.45) is 7.05 Å². The Labute approximate surface area is 179 Å². The Kier molecular flexibility index (Phi) is 5.42. The maximum Gasteiger partial charge on any atom is 0.208 e. The first-order valence-corrected chi connectivity index (χ1v) is 9.93. The highest BCUT2D eigenvalue weighted by Crippen LogP contribution is 2.33. The summed E-state index contributed by atoms with van der Waals surface area (Å²) in [4.78, 5) is 20.2. The van der Waals surface area contributed by atoms with Crippen LogP contribution >= 0.6 is 0 Å². The van der Waals surface area contributed by atoms with E-state index in [2.05, 4.69) is 15.3 Å². The van der Waals surface area contributed by atoms with Crippen molar-refractivity contribution in [1.29, 1.82) is 0 Å². The molecule has 0 spiro atoms. The van der Waals surface area contributed by atoms with E-state index in [1.807, 2.05) is 43.7 Å². The lowest BCUT2D eigenvalue weighted by Crippen LogP contribution is -2.01. The van der Waals surface area contributed by atoms with Gasteiger partial charge in [0.05, 0.1) is 22.4 Å². The van der Waals surface area contributed by atoms with Crippen LogP contribution in [0.25, 0.3) is 11.0 Å². The molecule has 7 heteroatoms. The summed E-state index contributed by atoms with van der Waals surface area (Å²) in [5.41, 5.74) is 4.39. The van der Waals surface area contributed by atoms with Crippen LogP contribution in [0.5, 0.6) is 11.5 Å². The summed E-state index contributed by atoms with van der Waals surface area (Å²) in [6, 6.07) is 12.3. The van der Waals surface area contributed by atoms with Crippen molar-refractivity contribution in [3.63, 3.8) is 0 Å². The van der Waals surface area contributed by atoms with Gasteiger partial charge >= 0.3 is 0 Å². The third-order valence-corrected chi connectivity index (χ3v) is 5.07. The van der Waals surface area contributed by atoms with E-state index >= 15 is 0 Å². The summed E-state index contributed by atoms with van der Waals surface area (Å²) >= 11 is 0. The van der Waals surface area contributed by atoms with E-state index in [9.17, 15) is 9.18 Å². The number of hydrogen-bond donors (Lipinski definition) is 1. The maximum atomic E-state index is 14.3. The molecule has 0 amide bonds. The Morgan fingerprint density at radius 3 is 2.71 bits per heavy atom. The van der Waals surface area contributed by atoms with Crippen molar-refractivity contribution < 1.29 is 13.9 Å². The van der Waals surface area contributed by atoms with Crippen LogP contribution in [0.3, 0.4) is 0 Å². The molecule has 0 unspecified atom stereocenters. The van der Waals surface area contributed by atoms with Crippen LogP contribution in [0.4, 0.5) is 16.0 Å². The van der Waals surface area contributed by atoms with Gasteiger partial charge in [-0.3, -0.25) is 9.78 Å². The zero-order valence-corrected chi connectivity index (χ0v) is 17.9. The number of nitrogens with one attached hydrogen (secondary N) is 1. The summed E-state index contributed by atoms with van der Waals surface area (Å²) in [5.74, 6) is 1.50. The molecule has 2 aromatic carbocycles. The standard InChI is InChI=1S/C24H23FN4O2/c1-14-5-6-20(19(25)11-14)27-24-28-23-16(3)22(8-7-21(23)29(24)4)31-18-9-10-26-17(13-18)12-15(2)30/h5-11,13H,12H2,1-4H3,(H,27,28). The highest BCUT2D eigenvalue weighted by atomic mass is 19.1. The Morgan fingerprint density at radius 1 is 1.16 bits per heavy atom. The van der Waals surface area contributed by atoms with Crippen molar-refractivity contribution >= 4 is 28.5 Å². The fourth-order valence-electron chi connectivity index (χ4n) is 3.44. The van der Waals surface area contributed by atoms with Gasteiger partial charge in [0.15, 0.2) is 0 Å². The fraction of sp³-hybridized carbons (Fsp3) is 0.208. The van der Waals surface area contributed by atoms with E-state index in [0.717, 1.165) is 22.2 Å². The molecule has 158 valence electrons. The average molecular weight is 418 g/mol. The van der Waals surface area contributed by atoms with Crippen LogP contribution < -0.4 is 10.1 Å². The molecule has 0 aliphatic rings. The molecule has 0 aliphatic heterocycles. The molecule has 2 heterocycles. The lowest BCUT2D eigenvalue weighted by Gasteiger charge is -2.10. The number of ether oxygens (including phenoxy) is 1. The quantitative estimate of drug-likeness (QED) is 0.455. The van der Waals surface area contributed by atoms with Gasteiger partial charge in [-0.1, -0.05) is 6.07 Å². The first-order chi connectivity index (χ1) is 14.8. The predicted molar refractivity (Wildman–Crippen MR) is 119 cm³/mol. The molecule has 2 aromatic heterocycles. The number of benzene rings is 2. The number of carbonyl (C=O) groups is 1. The first-order valence-electron chi connectivity index (χ1n) is 9.93. The molecular weight excluding hydrogens is 395 g/mol. The van der Waals surface area contributed by atoms with Crippen molar-refractivity contribution in [3.8, 4) is 11.5 Å². The van der Waals surface area contributed by atoms with E-state index in [4.69, 9.17) is 4.74 Å². The molecule has 1 N–H and O–H groups in total. The summed E-state index contributed by atoms with van der Waals surface area (Å²) < 4.78 is 22.2. The maximum absolute atomic E-state index is 14.3. The van der Waals surface area contributed by atoms with E-state index in [0.29, 0.717) is 28.8 Å². The number of carbonyl (C=O) groups excluding carboxylic acids is 1. The second-order valence-corrected chi connectivity index (χ2v) is 7.62. The summed E-state index contributed by atoms with van der Waals surface area (Å²) in [6.07, 6.45) is 1.89. The predicted octanol–water partition coefficient (Wildman–Crippen LogP) is 5.39. The number of fused-ring (bicyclic) bond motifs is 1. The Morgan fingerprint density at radius 2 is 1.97 bits per heavy atom. The van der Waals surface area contributed by atoms with Crippen LogP contribution in [0.1, 0.15) is 23.7 Å². The molecule has 0 fully saturated rings. The molecule has 4 rings (SSSR count). The Hall–Kier alpha value is -3.74. The van der Waals surface area contributed by atoms with E-state index in [1.165, 1.54) is 13.0 Å². The van der Waals surface area contributed by atoms with E-state index in [1.54, 1.807) is 24.4 Å². The lowest BCUT2D eigenvalue weighted by atomic mass is 10.2. The molecule has 6 nitrogen and oxygen atoms in total. The molecule has 0 aliphatic carbocycles. The van der Waals surface area contributed by atoms with Crippen molar-refractivity contribution in [3.05, 3.63) is 71.3 Å². The molecule has 0 atom stereocenters. The second kappa shape index (κ2) is 8.18. The third-order valence-electron chi connectivity index (χ3n) is 5.07. The van der Waals surface area contributed by atoms with E-state index < -0.39 is 0 Å². The molecular formula is C24H23FN4O2. The van der Waals surface area contributed by atoms with Crippen LogP contribution in [0.15, 0.2) is 48.7 Å². The number of Topliss-reactive ketones (excluding diaryl/α,β-unsaturated/α-hetero) is 1. The minimum atomic E-state index is -0.327. The number of anilines is 2. The number of aromatic nitrogens is 3. The number of nitrogens with zero attached hydrogens (tertiary/aromatic N) is 3. The third kappa shape index (κ3) is 4.26. The minimum absolute atomic E-state index is 0.0424. The van der Waals surface area contributed by atoms with Gasteiger partial charge in [-0.05, 0) is 56.7 Å². The number of hydrogen-bond acceptors (Lipinski definition) is 5. The van der Waals surface area contributed by atoms with Crippen LogP contribution in [0.2, 0.25) is 0 Å². The number of ketones is 1. The number of rotatable bonds is 6. The Bertz CT molecular complexity index is 1300. The SMILES string of the molecule is CC(=O)Cc1cc(Oc2ccc3c(nc(Nc4ccc(C)cc4F)n3C)c2C)ccn1. The fourth-order valence-corrected chi connectivity index (χ4v) is 3.44. The van der Waals surface area contributed by atoms with Crippen molar-refractivity contribution in [2.75, 3.05) is 5.32 Å². The van der Waals surface area contributed by atoms with Gasteiger partial charge in [-0.25, -0.2) is 9.37 Å². The smallest absolute Gasteiger partial charge is 0.208 e. The van der Waals surface area contributed by atoms with Gasteiger partial charge in [0, 0.05) is 31.3 Å². The second-order valence-electron chi connectivity index (χ2n) is 7.62. The molecule has 0 saturated carbocycles. The van der Waals surface area contributed by atoms with Gasteiger partial charge in [0.25, 0.3) is 0 Å². The van der Waals surface area contributed by atoms with Gasteiger partial charge in [-0.15, -0.1) is 0 Å². The lowest BCUT2D eigenvalue weighted by molar-refractivity contribution is -0.116. The number of aryl methyl sites for hydroxylation is 3. The van der Waals surface area contributed by atoms with E-state index in [-0.39, 0.29) is 18.0 Å². The average Bonchev–Trinajstić information content (AvgIpc) is 3.02. The van der Waals surface area contributed by atoms with Crippen molar-refractivity contribution in [2.45, 2.75) is 27.2 Å². The van der Waals surface area contributed by atoms with Gasteiger partial charge in [-0.2, -0.15) is 0 Å². The molecule has 0 bridgehead atoms.